The average molecular weight is 525 g/mol. The van der Waals surface area contributed by atoms with E-state index >= 15 is 0 Å². The molecule has 0 atom stereocenters. The average Bonchev–Trinajstić information content (AvgIpc) is 2.82. The number of fused-ring (bicyclic) bond motifs is 1. The van der Waals surface area contributed by atoms with Gasteiger partial charge in [0.05, 0.1) is 25.7 Å². The molecule has 1 heterocycles. The van der Waals surface area contributed by atoms with E-state index in [1.54, 1.807) is 18.2 Å². The van der Waals surface area contributed by atoms with Crippen molar-refractivity contribution in [3.63, 3.8) is 0 Å². The van der Waals surface area contributed by atoms with Crippen LogP contribution in [0.25, 0.3) is 22.3 Å². The maximum atomic E-state index is 12.9. The van der Waals surface area contributed by atoms with Crippen molar-refractivity contribution in [1.82, 2.24) is 0 Å². The third-order valence-electron chi connectivity index (χ3n) is 6.05. The van der Waals surface area contributed by atoms with Crippen LogP contribution in [0, 0.1) is 0 Å². The Bertz CT molecular complexity index is 1350. The molecule has 0 saturated carbocycles. The van der Waals surface area contributed by atoms with E-state index in [2.05, 4.69) is 4.74 Å². The molecule has 3 rings (SSSR count). The summed E-state index contributed by atoms with van der Waals surface area (Å²) in [5, 5.41) is 11.5. The lowest BCUT2D eigenvalue weighted by Gasteiger charge is -2.28. The molecule has 0 radical (unpaired) electrons. The molecule has 0 spiro atoms. The second-order valence-corrected chi connectivity index (χ2v) is 11.2. The van der Waals surface area contributed by atoms with Gasteiger partial charge in [0.1, 0.15) is 29.3 Å². The van der Waals surface area contributed by atoms with Gasteiger partial charge in [0.25, 0.3) is 0 Å². The summed E-state index contributed by atoms with van der Waals surface area (Å²) in [5.41, 5.74) is 1.78. The van der Waals surface area contributed by atoms with E-state index in [9.17, 15) is 19.5 Å². The van der Waals surface area contributed by atoms with Crippen LogP contribution in [0.5, 0.6) is 11.5 Å². The van der Waals surface area contributed by atoms with Gasteiger partial charge in [0.15, 0.2) is 5.43 Å². The Morgan fingerprint density at radius 1 is 0.895 bits per heavy atom. The number of esters is 2. The molecular weight excluding hydrogens is 488 g/mol. The van der Waals surface area contributed by atoms with Crippen molar-refractivity contribution in [2.75, 3.05) is 20.3 Å². The second kappa shape index (κ2) is 11.3. The van der Waals surface area contributed by atoms with Crippen molar-refractivity contribution in [2.45, 2.75) is 65.2 Å². The summed E-state index contributed by atoms with van der Waals surface area (Å²) in [4.78, 5) is 35.6. The molecule has 0 amide bonds. The molecule has 204 valence electrons. The molecule has 38 heavy (non-hydrogen) atoms. The number of ether oxygens (including phenoxy) is 3. The highest BCUT2D eigenvalue weighted by molar-refractivity contribution is 5.91. The van der Waals surface area contributed by atoms with Gasteiger partial charge in [0.2, 0.25) is 0 Å². The molecular formula is C30H36O8. The summed E-state index contributed by atoms with van der Waals surface area (Å²) in [7, 11) is 1.20. The van der Waals surface area contributed by atoms with E-state index in [1.807, 2.05) is 53.7 Å². The minimum Gasteiger partial charge on any atom is -0.507 e. The van der Waals surface area contributed by atoms with Gasteiger partial charge in [-0.3, -0.25) is 14.4 Å². The zero-order valence-corrected chi connectivity index (χ0v) is 23.1. The van der Waals surface area contributed by atoms with Crippen LogP contribution in [0.15, 0.2) is 45.6 Å². The van der Waals surface area contributed by atoms with Crippen molar-refractivity contribution in [2.24, 2.45) is 0 Å². The van der Waals surface area contributed by atoms with Crippen molar-refractivity contribution in [3.8, 4) is 22.8 Å². The van der Waals surface area contributed by atoms with Gasteiger partial charge in [-0.25, -0.2) is 0 Å². The third kappa shape index (κ3) is 6.94. The van der Waals surface area contributed by atoms with Gasteiger partial charge in [-0.1, -0.05) is 41.5 Å². The molecule has 1 aromatic heterocycles. The van der Waals surface area contributed by atoms with E-state index in [1.165, 1.54) is 13.2 Å². The predicted octanol–water partition coefficient (Wildman–Crippen LogP) is 5.64. The van der Waals surface area contributed by atoms with Gasteiger partial charge in [-0.15, -0.1) is 0 Å². The smallest absolute Gasteiger partial charge is 0.317 e. The fourth-order valence-corrected chi connectivity index (χ4v) is 3.96. The summed E-state index contributed by atoms with van der Waals surface area (Å²) in [6.45, 7) is 12.5. The van der Waals surface area contributed by atoms with Gasteiger partial charge in [-0.05, 0) is 35.1 Å². The van der Waals surface area contributed by atoms with E-state index < -0.39 is 18.4 Å². The fraction of sp³-hybridized carbons (Fsp3) is 0.433. The SMILES string of the molecule is COC(=O)CC(=O)OCCCOc1ccc2c(=O)cc(-c3cc(C(C)(C)C)c(O)c(C(C)(C)C)c3)oc2c1. The molecule has 0 saturated heterocycles. The molecule has 0 bridgehead atoms. The summed E-state index contributed by atoms with van der Waals surface area (Å²) in [6.07, 6.45) is -0.0213. The second-order valence-electron chi connectivity index (χ2n) is 11.2. The first-order valence-corrected chi connectivity index (χ1v) is 12.5. The number of hydrogen-bond acceptors (Lipinski definition) is 8. The Labute approximate surface area is 222 Å². The summed E-state index contributed by atoms with van der Waals surface area (Å²) < 4.78 is 21.3. The Kier molecular flexibility index (Phi) is 8.54. The van der Waals surface area contributed by atoms with Crippen LogP contribution in [0.1, 0.15) is 65.5 Å². The quantitative estimate of drug-likeness (QED) is 0.229. The highest BCUT2D eigenvalue weighted by atomic mass is 16.5. The van der Waals surface area contributed by atoms with Crippen LogP contribution in [0.2, 0.25) is 0 Å². The number of phenolic OH excluding ortho intramolecular Hbond substituents is 1. The lowest BCUT2D eigenvalue weighted by molar-refractivity contribution is -0.153. The Morgan fingerprint density at radius 3 is 2.11 bits per heavy atom. The molecule has 1 N–H and O–H groups in total. The van der Waals surface area contributed by atoms with Crippen molar-refractivity contribution >= 4 is 22.9 Å². The van der Waals surface area contributed by atoms with Crippen molar-refractivity contribution in [1.29, 1.82) is 0 Å². The lowest BCUT2D eigenvalue weighted by atomic mass is 9.78. The number of hydrogen-bond donors (Lipinski definition) is 1. The maximum Gasteiger partial charge on any atom is 0.317 e. The molecule has 0 aliphatic carbocycles. The number of phenols is 1. The van der Waals surface area contributed by atoms with Crippen LogP contribution in [0.3, 0.4) is 0 Å². The minimum absolute atomic E-state index is 0.0930. The summed E-state index contributed by atoms with van der Waals surface area (Å²) in [6, 6.07) is 10.2. The monoisotopic (exact) mass is 524 g/mol. The molecule has 8 nitrogen and oxygen atoms in total. The topological polar surface area (TPSA) is 112 Å². The van der Waals surface area contributed by atoms with E-state index in [0.29, 0.717) is 34.5 Å². The first-order valence-electron chi connectivity index (χ1n) is 12.5. The van der Waals surface area contributed by atoms with Gasteiger partial charge < -0.3 is 23.7 Å². The Balaban J connectivity index is 1.85. The standard InChI is InChI=1S/C30H36O8/c1-29(2,3)21-13-18(14-22(28(21)34)30(4,5)6)24-16-23(31)20-10-9-19(15-25(20)38-24)36-11-8-12-37-27(33)17-26(32)35-7/h9-10,13-16,34H,8,11-12,17H2,1-7H3. The van der Waals surface area contributed by atoms with E-state index in [4.69, 9.17) is 13.9 Å². The largest absolute Gasteiger partial charge is 0.507 e. The molecule has 0 unspecified atom stereocenters. The maximum absolute atomic E-state index is 12.9. The molecule has 2 aromatic carbocycles. The van der Waals surface area contributed by atoms with E-state index in [-0.39, 0.29) is 35.2 Å². The highest BCUT2D eigenvalue weighted by Crippen LogP contribution is 2.42. The number of benzene rings is 2. The number of rotatable bonds is 8. The van der Waals surface area contributed by atoms with Gasteiger partial charge in [0, 0.05) is 35.2 Å². The van der Waals surface area contributed by atoms with Gasteiger partial charge in [-0.2, -0.15) is 0 Å². The third-order valence-corrected chi connectivity index (χ3v) is 6.05. The first kappa shape index (κ1) is 28.8. The van der Waals surface area contributed by atoms with Crippen LogP contribution in [-0.2, 0) is 29.9 Å². The highest BCUT2D eigenvalue weighted by Gasteiger charge is 2.27. The van der Waals surface area contributed by atoms with Crippen molar-refractivity contribution < 1.29 is 33.3 Å². The molecule has 8 heteroatoms. The normalized spacial score (nSPS) is 11.9. The molecule has 0 aliphatic heterocycles. The number of carbonyl (C=O) groups is 2. The van der Waals surface area contributed by atoms with E-state index in [0.717, 1.165) is 11.1 Å². The van der Waals surface area contributed by atoms with Crippen molar-refractivity contribution in [3.05, 3.63) is 57.7 Å². The minimum atomic E-state index is -0.657. The van der Waals surface area contributed by atoms with Crippen LogP contribution in [0.4, 0.5) is 0 Å². The molecule has 0 fully saturated rings. The zero-order chi connectivity index (χ0) is 28.3. The number of aromatic hydroxyl groups is 1. The van der Waals surface area contributed by atoms with Crippen LogP contribution in [-0.4, -0.2) is 37.4 Å². The Morgan fingerprint density at radius 2 is 1.53 bits per heavy atom. The van der Waals surface area contributed by atoms with Gasteiger partial charge >= 0.3 is 11.9 Å². The number of methoxy groups -OCH3 is 1. The number of carbonyl (C=O) groups excluding carboxylic acids is 2. The zero-order valence-electron chi connectivity index (χ0n) is 23.1. The molecule has 3 aromatic rings. The Hall–Kier alpha value is -3.81. The summed E-state index contributed by atoms with van der Waals surface area (Å²) in [5.74, 6) is -0.165. The molecule has 0 aliphatic rings. The summed E-state index contributed by atoms with van der Waals surface area (Å²) >= 11 is 0. The lowest BCUT2D eigenvalue weighted by Crippen LogP contribution is -2.17. The van der Waals surface area contributed by atoms with Crippen LogP contribution < -0.4 is 10.2 Å². The fourth-order valence-electron chi connectivity index (χ4n) is 3.96. The van der Waals surface area contributed by atoms with Crippen LogP contribution >= 0.6 is 0 Å². The first-order chi connectivity index (χ1) is 17.7. The predicted molar refractivity (Wildman–Crippen MR) is 145 cm³/mol.